The fraction of sp³-hybridized carbons (Fsp3) is 0.143. The standard InChI is InChI=1S/C14H12Cl2N6O/c1-21-6-10(5-18-21)13(23)19-14-17-8-22(20-14)7-9-2-3-11(15)4-12(9)16/h2-6,8H,7H2,1H3,(H,19,20,23). The van der Waals surface area contributed by atoms with E-state index in [1.54, 1.807) is 34.7 Å². The summed E-state index contributed by atoms with van der Waals surface area (Å²) in [5.74, 6) is -0.107. The minimum absolute atomic E-state index is 0.212. The Morgan fingerprint density at radius 1 is 1.35 bits per heavy atom. The highest BCUT2D eigenvalue weighted by atomic mass is 35.5. The molecule has 0 atom stereocenters. The van der Waals surface area contributed by atoms with E-state index < -0.39 is 0 Å². The second-order valence-electron chi connectivity index (χ2n) is 4.86. The fourth-order valence-corrected chi connectivity index (χ4v) is 2.43. The minimum atomic E-state index is -0.319. The van der Waals surface area contributed by atoms with E-state index in [0.717, 1.165) is 5.56 Å². The molecular weight excluding hydrogens is 339 g/mol. The van der Waals surface area contributed by atoms with Gasteiger partial charge in [0.2, 0.25) is 5.95 Å². The van der Waals surface area contributed by atoms with E-state index in [1.807, 2.05) is 6.07 Å². The van der Waals surface area contributed by atoms with Gasteiger partial charge < -0.3 is 0 Å². The summed E-state index contributed by atoms with van der Waals surface area (Å²) in [5.41, 5.74) is 1.29. The first-order valence-electron chi connectivity index (χ1n) is 6.64. The number of anilines is 1. The van der Waals surface area contributed by atoms with Gasteiger partial charge in [0.1, 0.15) is 6.33 Å². The van der Waals surface area contributed by atoms with Gasteiger partial charge in [-0.2, -0.15) is 5.10 Å². The van der Waals surface area contributed by atoms with Crippen LogP contribution in [0.4, 0.5) is 5.95 Å². The maximum atomic E-state index is 12.0. The van der Waals surface area contributed by atoms with Crippen LogP contribution < -0.4 is 5.32 Å². The normalized spacial score (nSPS) is 10.7. The molecule has 2 heterocycles. The molecule has 1 N–H and O–H groups in total. The molecule has 9 heteroatoms. The van der Waals surface area contributed by atoms with Crippen LogP contribution >= 0.6 is 23.2 Å². The van der Waals surface area contributed by atoms with Crippen molar-refractivity contribution in [2.75, 3.05) is 5.32 Å². The van der Waals surface area contributed by atoms with Crippen LogP contribution in [0.15, 0.2) is 36.9 Å². The van der Waals surface area contributed by atoms with Crippen LogP contribution in [0.5, 0.6) is 0 Å². The number of nitrogens with zero attached hydrogens (tertiary/aromatic N) is 5. The van der Waals surface area contributed by atoms with Gasteiger partial charge in [0.15, 0.2) is 0 Å². The van der Waals surface area contributed by atoms with Gasteiger partial charge in [-0.3, -0.25) is 14.8 Å². The number of nitrogens with one attached hydrogen (secondary N) is 1. The third kappa shape index (κ3) is 3.69. The van der Waals surface area contributed by atoms with Gasteiger partial charge in [-0.15, -0.1) is 5.10 Å². The average molecular weight is 351 g/mol. The molecule has 0 saturated carbocycles. The molecule has 0 aliphatic carbocycles. The Morgan fingerprint density at radius 3 is 2.87 bits per heavy atom. The number of amides is 1. The van der Waals surface area contributed by atoms with Crippen molar-refractivity contribution in [3.63, 3.8) is 0 Å². The number of hydrogen-bond donors (Lipinski definition) is 1. The molecule has 3 rings (SSSR count). The highest BCUT2D eigenvalue weighted by Gasteiger charge is 2.11. The second kappa shape index (κ2) is 6.39. The highest BCUT2D eigenvalue weighted by molar-refractivity contribution is 6.35. The maximum Gasteiger partial charge on any atom is 0.261 e. The number of carbonyl (C=O) groups is 1. The molecule has 0 bridgehead atoms. The molecule has 0 radical (unpaired) electrons. The van der Waals surface area contributed by atoms with E-state index in [-0.39, 0.29) is 11.9 Å². The number of hydrogen-bond acceptors (Lipinski definition) is 4. The van der Waals surface area contributed by atoms with Crippen molar-refractivity contribution in [2.24, 2.45) is 7.05 Å². The van der Waals surface area contributed by atoms with Crippen molar-refractivity contribution in [1.29, 1.82) is 0 Å². The summed E-state index contributed by atoms with van der Waals surface area (Å²) in [4.78, 5) is 16.1. The van der Waals surface area contributed by atoms with Gasteiger partial charge in [-0.1, -0.05) is 29.3 Å². The molecule has 0 aliphatic heterocycles. The Kier molecular flexibility index (Phi) is 4.31. The van der Waals surface area contributed by atoms with Gasteiger partial charge in [0.25, 0.3) is 5.91 Å². The SMILES string of the molecule is Cn1cc(C(=O)Nc2ncn(Cc3ccc(Cl)cc3Cl)n2)cn1. The van der Waals surface area contributed by atoms with Crippen molar-refractivity contribution >= 4 is 35.1 Å². The van der Waals surface area contributed by atoms with Crippen molar-refractivity contribution in [3.05, 3.63) is 58.1 Å². The zero-order valence-electron chi connectivity index (χ0n) is 12.1. The third-order valence-electron chi connectivity index (χ3n) is 3.08. The van der Waals surface area contributed by atoms with Crippen molar-refractivity contribution in [3.8, 4) is 0 Å². The van der Waals surface area contributed by atoms with Crippen LogP contribution in [-0.2, 0) is 13.6 Å². The van der Waals surface area contributed by atoms with E-state index >= 15 is 0 Å². The number of rotatable bonds is 4. The van der Waals surface area contributed by atoms with Gasteiger partial charge in [-0.25, -0.2) is 9.67 Å². The first-order chi connectivity index (χ1) is 11.0. The molecule has 0 aliphatic rings. The maximum absolute atomic E-state index is 12.0. The van der Waals surface area contributed by atoms with Crippen LogP contribution in [0.25, 0.3) is 0 Å². The Labute approximate surface area is 141 Å². The topological polar surface area (TPSA) is 77.6 Å². The Hall–Kier alpha value is -2.38. The van der Waals surface area contributed by atoms with Crippen LogP contribution in [-0.4, -0.2) is 30.5 Å². The van der Waals surface area contributed by atoms with Gasteiger partial charge in [0, 0.05) is 23.3 Å². The van der Waals surface area contributed by atoms with Gasteiger partial charge in [-0.05, 0) is 17.7 Å². The van der Waals surface area contributed by atoms with Crippen LogP contribution in [0, 0.1) is 0 Å². The molecule has 23 heavy (non-hydrogen) atoms. The molecule has 3 aromatic rings. The van der Waals surface area contributed by atoms with E-state index in [1.165, 1.54) is 12.5 Å². The lowest BCUT2D eigenvalue weighted by Crippen LogP contribution is -2.13. The van der Waals surface area contributed by atoms with Gasteiger partial charge in [0.05, 0.1) is 18.3 Å². The van der Waals surface area contributed by atoms with E-state index in [2.05, 4.69) is 20.5 Å². The summed E-state index contributed by atoms with van der Waals surface area (Å²) in [6, 6.07) is 5.24. The molecule has 118 valence electrons. The summed E-state index contributed by atoms with van der Waals surface area (Å²) < 4.78 is 3.12. The van der Waals surface area contributed by atoms with E-state index in [9.17, 15) is 4.79 Å². The number of carbonyl (C=O) groups excluding carboxylic acids is 1. The number of halogens is 2. The molecule has 0 spiro atoms. The quantitative estimate of drug-likeness (QED) is 0.784. The minimum Gasteiger partial charge on any atom is -0.289 e. The van der Waals surface area contributed by atoms with E-state index in [4.69, 9.17) is 23.2 Å². The predicted octanol–water partition coefficient (Wildman–Crippen LogP) is 2.62. The number of aryl methyl sites for hydroxylation is 1. The summed E-state index contributed by atoms with van der Waals surface area (Å²) >= 11 is 12.0. The molecular formula is C14H12Cl2N6O. The Balaban J connectivity index is 1.69. The summed E-state index contributed by atoms with van der Waals surface area (Å²) in [6.45, 7) is 0.422. The average Bonchev–Trinajstić information content (AvgIpc) is 3.11. The fourth-order valence-electron chi connectivity index (χ4n) is 1.96. The van der Waals surface area contributed by atoms with Crippen molar-refractivity contribution in [1.82, 2.24) is 24.5 Å². The summed E-state index contributed by atoms with van der Waals surface area (Å²) in [5, 5.41) is 11.9. The first-order valence-corrected chi connectivity index (χ1v) is 7.40. The van der Waals surface area contributed by atoms with Crippen LogP contribution in [0.1, 0.15) is 15.9 Å². The Bertz CT molecular complexity index is 857. The highest BCUT2D eigenvalue weighted by Crippen LogP contribution is 2.21. The lowest BCUT2D eigenvalue weighted by Gasteiger charge is -2.04. The van der Waals surface area contributed by atoms with Crippen LogP contribution in [0.2, 0.25) is 10.0 Å². The van der Waals surface area contributed by atoms with E-state index in [0.29, 0.717) is 22.2 Å². The number of aromatic nitrogens is 5. The second-order valence-corrected chi connectivity index (χ2v) is 5.70. The zero-order valence-corrected chi connectivity index (χ0v) is 13.6. The molecule has 1 amide bonds. The predicted molar refractivity (Wildman–Crippen MR) is 86.7 cm³/mol. The monoisotopic (exact) mass is 350 g/mol. The van der Waals surface area contributed by atoms with Crippen molar-refractivity contribution < 1.29 is 4.79 Å². The molecule has 0 fully saturated rings. The van der Waals surface area contributed by atoms with Crippen molar-refractivity contribution in [2.45, 2.75) is 6.54 Å². The molecule has 7 nitrogen and oxygen atoms in total. The molecule has 1 aromatic carbocycles. The van der Waals surface area contributed by atoms with Crippen LogP contribution in [0.3, 0.4) is 0 Å². The third-order valence-corrected chi connectivity index (χ3v) is 3.66. The molecule has 0 unspecified atom stereocenters. The summed E-state index contributed by atoms with van der Waals surface area (Å²) in [7, 11) is 1.74. The zero-order chi connectivity index (χ0) is 16.4. The molecule has 2 aromatic heterocycles. The lowest BCUT2D eigenvalue weighted by atomic mass is 10.2. The number of benzene rings is 1. The first kappa shape index (κ1) is 15.5. The Morgan fingerprint density at radius 2 is 2.17 bits per heavy atom. The lowest BCUT2D eigenvalue weighted by molar-refractivity contribution is 0.102. The smallest absolute Gasteiger partial charge is 0.261 e. The largest absolute Gasteiger partial charge is 0.289 e. The summed E-state index contributed by atoms with van der Waals surface area (Å²) in [6.07, 6.45) is 4.60. The van der Waals surface area contributed by atoms with Gasteiger partial charge >= 0.3 is 0 Å². The molecule has 0 saturated heterocycles.